The number of carbonyl (C=O) groups is 4. The van der Waals surface area contributed by atoms with Crippen LogP contribution in [0.2, 0.25) is 5.02 Å². The number of carboxylic acids is 1. The third-order valence-corrected chi connectivity index (χ3v) is 7.89. The average Bonchev–Trinajstić information content (AvgIpc) is 3.50. The Morgan fingerprint density at radius 1 is 0.979 bits per heavy atom. The van der Waals surface area contributed by atoms with E-state index < -0.39 is 53.8 Å². The minimum absolute atomic E-state index is 0.0161. The number of hydrogen-bond donors (Lipinski definition) is 5. The number of amides is 3. The van der Waals surface area contributed by atoms with Crippen LogP contribution in [0, 0.1) is 5.92 Å². The summed E-state index contributed by atoms with van der Waals surface area (Å²) in [4.78, 5) is 52.1. The van der Waals surface area contributed by atoms with Crippen molar-refractivity contribution in [1.29, 1.82) is 0 Å². The molecular weight excluding hydrogens is 634 g/mol. The van der Waals surface area contributed by atoms with Crippen molar-refractivity contribution in [2.45, 2.75) is 37.9 Å². The Morgan fingerprint density at radius 2 is 1.62 bits per heavy atom. The van der Waals surface area contributed by atoms with Crippen molar-refractivity contribution < 1.29 is 43.2 Å². The van der Waals surface area contributed by atoms with Gasteiger partial charge in [-0.3, -0.25) is 24.6 Å². The Hall–Kier alpha value is -5.05. The maximum atomic E-state index is 13.9. The van der Waals surface area contributed by atoms with E-state index in [2.05, 4.69) is 5.32 Å². The van der Waals surface area contributed by atoms with Gasteiger partial charge in [-0.1, -0.05) is 43.6 Å². The van der Waals surface area contributed by atoms with E-state index in [1.54, 1.807) is 68.4 Å². The fraction of sp³-hybridized carbons (Fsp3) is 0.312. The van der Waals surface area contributed by atoms with Gasteiger partial charge in [0.2, 0.25) is 12.7 Å². The summed E-state index contributed by atoms with van der Waals surface area (Å²) in [6.07, 6.45) is -0.259. The molecule has 2 unspecified atom stereocenters. The number of nitrogens with two attached hydrogens (primary N) is 3. The number of rotatable bonds is 16. The van der Waals surface area contributed by atoms with E-state index in [1.165, 1.54) is 12.1 Å². The summed E-state index contributed by atoms with van der Waals surface area (Å²) >= 11 is 6.19. The number of hydrogen-bond acceptors (Lipinski definition) is 10. The number of nitrogens with zero attached hydrogens (tertiary/aromatic N) is 1. The smallest absolute Gasteiger partial charge is 0.322 e. The lowest BCUT2D eigenvalue weighted by molar-refractivity contribution is -0.143. The van der Waals surface area contributed by atoms with Crippen molar-refractivity contribution in [3.05, 3.63) is 77.3 Å². The van der Waals surface area contributed by atoms with Crippen LogP contribution in [0.4, 0.5) is 10.5 Å². The van der Waals surface area contributed by atoms with Crippen LogP contribution in [0.25, 0.3) is 0 Å². The summed E-state index contributed by atoms with van der Waals surface area (Å²) in [6.45, 7) is 2.57. The second-order valence-corrected chi connectivity index (χ2v) is 11.5. The lowest BCUT2D eigenvalue weighted by Gasteiger charge is -2.37. The molecule has 1 heterocycles. The number of para-hydroxylation sites is 1. The number of aliphatic carboxylic acids is 1. The van der Waals surface area contributed by atoms with Gasteiger partial charge in [0, 0.05) is 12.5 Å². The molecule has 14 nitrogen and oxygen atoms in total. The number of ether oxygens (including phenoxy) is 4. The molecule has 15 heteroatoms. The first-order valence-electron chi connectivity index (χ1n) is 14.5. The van der Waals surface area contributed by atoms with Gasteiger partial charge in [0.15, 0.2) is 29.6 Å². The number of primary amides is 2. The van der Waals surface area contributed by atoms with E-state index in [0.717, 1.165) is 4.90 Å². The first-order chi connectivity index (χ1) is 22.3. The van der Waals surface area contributed by atoms with Crippen LogP contribution in [0.5, 0.6) is 23.0 Å². The van der Waals surface area contributed by atoms with E-state index in [9.17, 15) is 24.3 Å². The lowest BCUT2D eigenvalue weighted by atomic mass is 9.82. The minimum Gasteiger partial charge on any atom is -0.486 e. The number of ketones is 1. The van der Waals surface area contributed by atoms with Crippen molar-refractivity contribution in [3.8, 4) is 23.0 Å². The van der Waals surface area contributed by atoms with Gasteiger partial charge in [0.1, 0.15) is 24.1 Å². The van der Waals surface area contributed by atoms with E-state index in [1.807, 2.05) is 0 Å². The van der Waals surface area contributed by atoms with Gasteiger partial charge in [-0.05, 0) is 60.0 Å². The Labute approximate surface area is 275 Å². The number of fused-ring (bicyclic) bond motifs is 1. The van der Waals surface area contributed by atoms with Crippen LogP contribution in [0.3, 0.4) is 0 Å². The van der Waals surface area contributed by atoms with Gasteiger partial charge in [-0.15, -0.1) is 0 Å². The molecule has 3 aromatic rings. The van der Waals surface area contributed by atoms with E-state index in [0.29, 0.717) is 33.5 Å². The second kappa shape index (κ2) is 15.0. The van der Waals surface area contributed by atoms with Crippen LogP contribution >= 0.6 is 11.6 Å². The summed E-state index contributed by atoms with van der Waals surface area (Å²) in [5.41, 5.74) is 16.1. The number of Topliss-reactive ketones (excluding diaryl/α,β-unsaturated/α-hetero) is 1. The van der Waals surface area contributed by atoms with Crippen molar-refractivity contribution in [1.82, 2.24) is 5.32 Å². The molecule has 0 bridgehead atoms. The molecule has 0 aliphatic carbocycles. The molecule has 0 spiro atoms. The number of halogens is 1. The number of anilines is 1. The fourth-order valence-electron chi connectivity index (χ4n) is 4.96. The molecule has 8 N–H and O–H groups in total. The van der Waals surface area contributed by atoms with Gasteiger partial charge < -0.3 is 41.3 Å². The van der Waals surface area contributed by atoms with Gasteiger partial charge in [0.05, 0.1) is 10.7 Å². The molecule has 0 fully saturated rings. The van der Waals surface area contributed by atoms with Gasteiger partial charge in [-0.2, -0.15) is 0 Å². The standard InChI is InChI=1S/C32H36ClN5O9/c1-18(2)28(27(34)29(40)41)37-32(30(35)42,14-19-7-12-24-25(13-19)47-17-46-24)26(39)15-44-20-8-10-21(11-9-20)45-16-38(31(36)43)23-6-4-3-5-22(23)33/h3-13,18,27-28,37H,14-17,34H2,1-2H3,(H2,35,42)(H2,36,43)(H,40,41)/t27-,28?,32?/m0/s1. The highest BCUT2D eigenvalue weighted by molar-refractivity contribution is 6.33. The summed E-state index contributed by atoms with van der Waals surface area (Å²) in [5.74, 6) is -2.05. The van der Waals surface area contributed by atoms with E-state index in [-0.39, 0.29) is 25.7 Å². The van der Waals surface area contributed by atoms with Crippen molar-refractivity contribution in [2.75, 3.05) is 25.0 Å². The topological polar surface area (TPSA) is 219 Å². The molecule has 3 amide bonds. The number of nitrogens with one attached hydrogen (secondary N) is 1. The van der Waals surface area contributed by atoms with Crippen LogP contribution in [0.15, 0.2) is 66.7 Å². The van der Waals surface area contributed by atoms with Crippen molar-refractivity contribution in [2.24, 2.45) is 23.1 Å². The first-order valence-corrected chi connectivity index (χ1v) is 14.8. The maximum Gasteiger partial charge on any atom is 0.322 e. The molecule has 1 aliphatic rings. The van der Waals surface area contributed by atoms with Gasteiger partial charge in [-0.25, -0.2) is 4.79 Å². The predicted octanol–water partition coefficient (Wildman–Crippen LogP) is 2.43. The lowest BCUT2D eigenvalue weighted by Crippen LogP contribution is -2.70. The van der Waals surface area contributed by atoms with Crippen molar-refractivity contribution >= 4 is 41.0 Å². The van der Waals surface area contributed by atoms with Crippen molar-refractivity contribution in [3.63, 3.8) is 0 Å². The number of carboxylic acid groups (broad SMARTS) is 1. The molecular formula is C32H36ClN5O9. The number of benzene rings is 3. The van der Waals surface area contributed by atoms with Crippen LogP contribution in [-0.2, 0) is 20.8 Å². The fourth-order valence-corrected chi connectivity index (χ4v) is 5.20. The molecule has 0 saturated carbocycles. The molecule has 4 rings (SSSR count). The molecule has 1 aliphatic heterocycles. The summed E-state index contributed by atoms with van der Waals surface area (Å²) in [7, 11) is 0. The highest BCUT2D eigenvalue weighted by Gasteiger charge is 2.48. The summed E-state index contributed by atoms with van der Waals surface area (Å²) < 4.78 is 22.2. The summed E-state index contributed by atoms with van der Waals surface area (Å²) in [6, 6.07) is 14.4. The highest BCUT2D eigenvalue weighted by Crippen LogP contribution is 2.34. The minimum atomic E-state index is -2.12. The zero-order valence-corrected chi connectivity index (χ0v) is 26.4. The van der Waals surface area contributed by atoms with E-state index >= 15 is 0 Å². The molecule has 47 heavy (non-hydrogen) atoms. The van der Waals surface area contributed by atoms with Crippen LogP contribution in [0.1, 0.15) is 19.4 Å². The highest BCUT2D eigenvalue weighted by atomic mass is 35.5. The quantitative estimate of drug-likeness (QED) is 0.110. The van der Waals surface area contributed by atoms with E-state index in [4.69, 9.17) is 47.7 Å². The van der Waals surface area contributed by atoms with Crippen LogP contribution < -0.4 is 46.4 Å². The third kappa shape index (κ3) is 8.22. The Morgan fingerprint density at radius 3 is 2.21 bits per heavy atom. The average molecular weight is 670 g/mol. The Kier molecular flexibility index (Phi) is 11.1. The maximum absolute atomic E-state index is 13.9. The summed E-state index contributed by atoms with van der Waals surface area (Å²) in [5, 5.41) is 12.9. The predicted molar refractivity (Wildman–Crippen MR) is 172 cm³/mol. The second-order valence-electron chi connectivity index (χ2n) is 11.1. The Bertz CT molecular complexity index is 1620. The van der Waals surface area contributed by atoms with Gasteiger partial charge >= 0.3 is 12.0 Å². The normalized spacial score (nSPS) is 14.5. The molecule has 0 saturated heterocycles. The SMILES string of the molecule is CC(C)C(NC(Cc1ccc2c(c1)OCO2)(C(N)=O)C(=O)COc1ccc(OCN(C(N)=O)c2ccccc2Cl)cc1)[C@H](N)C(=O)O. The molecule has 3 atom stereocenters. The molecule has 0 radical (unpaired) electrons. The largest absolute Gasteiger partial charge is 0.486 e. The molecule has 250 valence electrons. The van der Waals surface area contributed by atoms with Crippen LogP contribution in [-0.4, -0.2) is 66.6 Å². The zero-order chi connectivity index (χ0) is 34.3. The zero-order valence-electron chi connectivity index (χ0n) is 25.7. The number of carbonyl (C=O) groups excluding carboxylic acids is 3. The Balaban J connectivity index is 1.52. The van der Waals surface area contributed by atoms with Gasteiger partial charge in [0.25, 0.3) is 0 Å². The monoisotopic (exact) mass is 669 g/mol. The first kappa shape index (κ1) is 34.8. The molecule has 0 aromatic heterocycles. The number of urea groups is 1. The molecule has 3 aromatic carbocycles. The third-order valence-electron chi connectivity index (χ3n) is 7.57.